The standard InChI is InChI=1S/C11H19NO5/c1-16-5-3-12(4-6-17-2)10(13)8-7-9(8)11(14)15/h8-9H,3-7H2,1-2H3,(H,14,15)/t8-,9+/m0/s1. The molecule has 6 heteroatoms. The van der Waals surface area contributed by atoms with Crippen LogP contribution in [0.15, 0.2) is 0 Å². The fraction of sp³-hybridized carbons (Fsp3) is 0.818. The molecule has 0 unspecified atom stereocenters. The molecule has 1 aliphatic rings. The zero-order valence-electron chi connectivity index (χ0n) is 10.2. The van der Waals surface area contributed by atoms with Gasteiger partial charge in [-0.05, 0) is 6.42 Å². The van der Waals surface area contributed by atoms with E-state index in [1.54, 1.807) is 19.1 Å². The smallest absolute Gasteiger partial charge is 0.307 e. The molecule has 1 rings (SSSR count). The van der Waals surface area contributed by atoms with Crippen LogP contribution in [-0.4, -0.2) is 62.4 Å². The van der Waals surface area contributed by atoms with Gasteiger partial charge in [0.05, 0.1) is 25.0 Å². The molecule has 0 bridgehead atoms. The van der Waals surface area contributed by atoms with Crippen LogP contribution in [-0.2, 0) is 19.1 Å². The summed E-state index contributed by atoms with van der Waals surface area (Å²) in [4.78, 5) is 24.3. The normalized spacial score (nSPS) is 22.2. The molecule has 2 atom stereocenters. The Kier molecular flexibility index (Phi) is 5.37. The van der Waals surface area contributed by atoms with Crippen molar-refractivity contribution in [1.29, 1.82) is 0 Å². The summed E-state index contributed by atoms with van der Waals surface area (Å²) >= 11 is 0. The molecule has 17 heavy (non-hydrogen) atoms. The first kappa shape index (κ1) is 13.9. The van der Waals surface area contributed by atoms with Gasteiger partial charge in [0.1, 0.15) is 0 Å². The van der Waals surface area contributed by atoms with Crippen LogP contribution in [0, 0.1) is 11.8 Å². The van der Waals surface area contributed by atoms with E-state index in [-0.39, 0.29) is 11.8 Å². The Balaban J connectivity index is 2.45. The second kappa shape index (κ2) is 6.56. The number of nitrogens with zero attached hydrogens (tertiary/aromatic N) is 1. The van der Waals surface area contributed by atoms with Gasteiger partial charge >= 0.3 is 5.97 Å². The molecule has 0 aromatic carbocycles. The van der Waals surface area contributed by atoms with Gasteiger partial charge < -0.3 is 19.5 Å². The number of carboxylic acids is 1. The number of aliphatic carboxylic acids is 1. The van der Waals surface area contributed by atoms with Crippen molar-refractivity contribution in [3.05, 3.63) is 0 Å². The number of methoxy groups -OCH3 is 2. The van der Waals surface area contributed by atoms with E-state index in [0.717, 1.165) is 0 Å². The zero-order chi connectivity index (χ0) is 12.8. The predicted molar refractivity (Wildman–Crippen MR) is 59.6 cm³/mol. The number of carbonyl (C=O) groups excluding carboxylic acids is 1. The summed E-state index contributed by atoms with van der Waals surface area (Å²) < 4.78 is 9.85. The number of amides is 1. The number of hydrogen-bond acceptors (Lipinski definition) is 4. The molecule has 0 spiro atoms. The molecular formula is C11H19NO5. The molecule has 98 valence electrons. The van der Waals surface area contributed by atoms with Gasteiger partial charge in [0.2, 0.25) is 5.91 Å². The molecule has 0 aliphatic heterocycles. The lowest BCUT2D eigenvalue weighted by atomic mass is 10.2. The average Bonchev–Trinajstić information content (AvgIpc) is 3.08. The van der Waals surface area contributed by atoms with E-state index in [0.29, 0.717) is 32.7 Å². The van der Waals surface area contributed by atoms with Gasteiger partial charge in [-0.25, -0.2) is 0 Å². The maximum Gasteiger partial charge on any atom is 0.307 e. The van der Waals surface area contributed by atoms with Crippen LogP contribution in [0.4, 0.5) is 0 Å². The van der Waals surface area contributed by atoms with Crippen LogP contribution in [0.5, 0.6) is 0 Å². The largest absolute Gasteiger partial charge is 0.481 e. The number of carbonyl (C=O) groups is 2. The van der Waals surface area contributed by atoms with Crippen molar-refractivity contribution >= 4 is 11.9 Å². The predicted octanol–water partition coefficient (Wildman–Crippen LogP) is -0.171. The van der Waals surface area contributed by atoms with E-state index in [4.69, 9.17) is 14.6 Å². The third-order valence-electron chi connectivity index (χ3n) is 2.87. The summed E-state index contributed by atoms with van der Waals surface area (Å²) in [6.45, 7) is 1.84. The summed E-state index contributed by atoms with van der Waals surface area (Å²) in [5.74, 6) is -1.86. The molecule has 6 nitrogen and oxygen atoms in total. The van der Waals surface area contributed by atoms with Gasteiger partial charge in [-0.3, -0.25) is 9.59 Å². The lowest BCUT2D eigenvalue weighted by Gasteiger charge is -2.22. The molecule has 1 amide bonds. The fourth-order valence-electron chi connectivity index (χ4n) is 1.71. The highest BCUT2D eigenvalue weighted by atomic mass is 16.5. The van der Waals surface area contributed by atoms with Crippen molar-refractivity contribution in [3.8, 4) is 0 Å². The molecule has 0 radical (unpaired) electrons. The van der Waals surface area contributed by atoms with Crippen LogP contribution >= 0.6 is 0 Å². The summed E-state index contributed by atoms with van der Waals surface area (Å²) in [5, 5.41) is 8.79. The van der Waals surface area contributed by atoms with Crippen molar-refractivity contribution in [3.63, 3.8) is 0 Å². The van der Waals surface area contributed by atoms with Gasteiger partial charge in [-0.15, -0.1) is 0 Å². The summed E-state index contributed by atoms with van der Waals surface area (Å²) in [7, 11) is 3.13. The maximum absolute atomic E-state index is 12.0. The van der Waals surface area contributed by atoms with E-state index in [1.165, 1.54) is 0 Å². The fourth-order valence-corrected chi connectivity index (χ4v) is 1.71. The van der Waals surface area contributed by atoms with Crippen LogP contribution in [0.25, 0.3) is 0 Å². The lowest BCUT2D eigenvalue weighted by Crippen LogP contribution is -2.38. The van der Waals surface area contributed by atoms with E-state index >= 15 is 0 Å². The van der Waals surface area contributed by atoms with Crippen molar-refractivity contribution in [1.82, 2.24) is 4.90 Å². The molecule has 1 aliphatic carbocycles. The van der Waals surface area contributed by atoms with Gasteiger partial charge in [-0.1, -0.05) is 0 Å². The molecule has 1 fully saturated rings. The number of hydrogen-bond donors (Lipinski definition) is 1. The van der Waals surface area contributed by atoms with Gasteiger partial charge in [-0.2, -0.15) is 0 Å². The van der Waals surface area contributed by atoms with Crippen LogP contribution in [0.2, 0.25) is 0 Å². The monoisotopic (exact) mass is 245 g/mol. The SMILES string of the molecule is COCCN(CCOC)C(=O)[C@H]1C[C@H]1C(=O)O. The van der Waals surface area contributed by atoms with Crippen molar-refractivity contribution in [2.45, 2.75) is 6.42 Å². The highest BCUT2D eigenvalue weighted by molar-refractivity contribution is 5.89. The van der Waals surface area contributed by atoms with E-state index in [1.807, 2.05) is 0 Å². The molecule has 1 saturated carbocycles. The molecular weight excluding hydrogens is 226 g/mol. The number of rotatable bonds is 8. The van der Waals surface area contributed by atoms with Crippen LogP contribution in [0.3, 0.4) is 0 Å². The first-order valence-corrected chi connectivity index (χ1v) is 5.61. The summed E-state index contributed by atoms with van der Waals surface area (Å²) in [5.41, 5.74) is 0. The number of carboxylic acid groups (broad SMARTS) is 1. The van der Waals surface area contributed by atoms with E-state index in [9.17, 15) is 9.59 Å². The van der Waals surface area contributed by atoms with Crippen LogP contribution in [0.1, 0.15) is 6.42 Å². The minimum atomic E-state index is -0.887. The first-order valence-electron chi connectivity index (χ1n) is 5.61. The number of ether oxygens (including phenoxy) is 2. The summed E-state index contributed by atoms with van der Waals surface area (Å²) in [6, 6.07) is 0. The quantitative estimate of drug-likeness (QED) is 0.642. The highest BCUT2D eigenvalue weighted by Crippen LogP contribution is 2.40. The highest BCUT2D eigenvalue weighted by Gasteiger charge is 2.49. The van der Waals surface area contributed by atoms with Gasteiger partial charge in [0.25, 0.3) is 0 Å². The third-order valence-corrected chi connectivity index (χ3v) is 2.87. The Morgan fingerprint density at radius 1 is 1.18 bits per heavy atom. The summed E-state index contributed by atoms with van der Waals surface area (Å²) in [6.07, 6.45) is 0.449. The van der Waals surface area contributed by atoms with Gasteiger partial charge in [0.15, 0.2) is 0 Å². The second-order valence-corrected chi connectivity index (χ2v) is 4.10. The molecule has 0 saturated heterocycles. The zero-order valence-corrected chi connectivity index (χ0v) is 10.2. The molecule has 0 heterocycles. The van der Waals surface area contributed by atoms with E-state index < -0.39 is 11.9 Å². The van der Waals surface area contributed by atoms with Crippen molar-refractivity contribution in [2.24, 2.45) is 11.8 Å². The Labute approximate surface area is 100 Å². The molecule has 0 aromatic rings. The lowest BCUT2D eigenvalue weighted by molar-refractivity contribution is -0.142. The molecule has 0 aromatic heterocycles. The Morgan fingerprint density at radius 3 is 2.06 bits per heavy atom. The molecule has 1 N–H and O–H groups in total. The Hall–Kier alpha value is -1.14. The Morgan fingerprint density at radius 2 is 1.71 bits per heavy atom. The topological polar surface area (TPSA) is 76.1 Å². The van der Waals surface area contributed by atoms with Gasteiger partial charge in [0, 0.05) is 27.3 Å². The average molecular weight is 245 g/mol. The second-order valence-electron chi connectivity index (χ2n) is 4.10. The van der Waals surface area contributed by atoms with E-state index in [2.05, 4.69) is 0 Å². The first-order chi connectivity index (χ1) is 8.11. The maximum atomic E-state index is 12.0. The minimum Gasteiger partial charge on any atom is -0.481 e. The van der Waals surface area contributed by atoms with Crippen LogP contribution < -0.4 is 0 Å². The van der Waals surface area contributed by atoms with Crippen molar-refractivity contribution < 1.29 is 24.2 Å². The minimum absolute atomic E-state index is 0.105. The third kappa shape index (κ3) is 3.98. The Bertz CT molecular complexity index is 273. The van der Waals surface area contributed by atoms with Crippen molar-refractivity contribution in [2.75, 3.05) is 40.5 Å².